The van der Waals surface area contributed by atoms with Crippen LogP contribution < -0.4 is 4.74 Å². The minimum absolute atomic E-state index is 0.377. The van der Waals surface area contributed by atoms with Crippen LogP contribution in [0.3, 0.4) is 0 Å². The van der Waals surface area contributed by atoms with E-state index in [4.69, 9.17) is 27.9 Å². The molecule has 0 aromatic heterocycles. The van der Waals surface area contributed by atoms with Crippen molar-refractivity contribution < 1.29 is 4.74 Å². The van der Waals surface area contributed by atoms with Crippen LogP contribution in [-0.4, -0.2) is 0 Å². The van der Waals surface area contributed by atoms with Gasteiger partial charge in [-0.05, 0) is 40.2 Å². The van der Waals surface area contributed by atoms with Crippen LogP contribution in [0.15, 0.2) is 40.9 Å². The van der Waals surface area contributed by atoms with E-state index in [-0.39, 0.29) is 0 Å². The highest BCUT2D eigenvalue weighted by Gasteiger charge is 2.09. The van der Waals surface area contributed by atoms with Crippen molar-refractivity contribution in [3.63, 3.8) is 0 Å². The van der Waals surface area contributed by atoms with Gasteiger partial charge in [-0.1, -0.05) is 51.3 Å². The maximum absolute atomic E-state index is 6.12. The SMILES string of the molecule is Clc1ccc(Cl)c(COc2c(Br)cccc2CBr)c1. The Hall–Kier alpha value is -0.220. The van der Waals surface area contributed by atoms with Crippen LogP contribution >= 0.6 is 55.1 Å². The van der Waals surface area contributed by atoms with E-state index in [1.807, 2.05) is 24.3 Å². The number of alkyl halides is 1. The molecule has 0 bridgehead atoms. The summed E-state index contributed by atoms with van der Waals surface area (Å²) in [6, 6.07) is 11.3. The van der Waals surface area contributed by atoms with Gasteiger partial charge in [0, 0.05) is 26.5 Å². The molecule has 19 heavy (non-hydrogen) atoms. The molecule has 0 unspecified atom stereocenters. The van der Waals surface area contributed by atoms with Crippen molar-refractivity contribution >= 4 is 55.1 Å². The first-order chi connectivity index (χ1) is 9.11. The molecule has 0 atom stereocenters. The molecule has 0 saturated heterocycles. The van der Waals surface area contributed by atoms with Gasteiger partial charge < -0.3 is 4.74 Å². The molecule has 0 saturated carbocycles. The molecule has 0 radical (unpaired) electrons. The zero-order valence-corrected chi connectivity index (χ0v) is 14.5. The van der Waals surface area contributed by atoms with Crippen LogP contribution in [0.4, 0.5) is 0 Å². The fourth-order valence-corrected chi connectivity index (χ4v) is 2.95. The Balaban J connectivity index is 2.21. The van der Waals surface area contributed by atoms with Gasteiger partial charge in [-0.3, -0.25) is 0 Å². The number of rotatable bonds is 4. The van der Waals surface area contributed by atoms with Crippen molar-refractivity contribution in [1.82, 2.24) is 0 Å². The van der Waals surface area contributed by atoms with Crippen molar-refractivity contribution in [2.75, 3.05) is 0 Å². The number of benzene rings is 2. The monoisotopic (exact) mass is 422 g/mol. The number of hydrogen-bond acceptors (Lipinski definition) is 1. The van der Waals surface area contributed by atoms with Crippen LogP contribution in [0.5, 0.6) is 5.75 Å². The lowest BCUT2D eigenvalue weighted by molar-refractivity contribution is 0.302. The second-order valence-corrected chi connectivity index (χ2v) is 6.14. The van der Waals surface area contributed by atoms with Crippen molar-refractivity contribution in [1.29, 1.82) is 0 Å². The highest BCUT2D eigenvalue weighted by molar-refractivity contribution is 9.10. The van der Waals surface area contributed by atoms with E-state index < -0.39 is 0 Å². The maximum atomic E-state index is 6.12. The number of hydrogen-bond donors (Lipinski definition) is 0. The fourth-order valence-electron chi connectivity index (χ4n) is 1.62. The molecule has 0 heterocycles. The molecule has 2 aromatic rings. The van der Waals surface area contributed by atoms with Crippen molar-refractivity contribution in [2.45, 2.75) is 11.9 Å². The van der Waals surface area contributed by atoms with E-state index in [1.165, 1.54) is 0 Å². The van der Waals surface area contributed by atoms with Gasteiger partial charge in [0.05, 0.1) is 4.47 Å². The van der Waals surface area contributed by atoms with Crippen LogP contribution in [0, 0.1) is 0 Å². The van der Waals surface area contributed by atoms with Crippen LogP contribution in [0.25, 0.3) is 0 Å². The first kappa shape index (κ1) is 15.2. The van der Waals surface area contributed by atoms with E-state index in [2.05, 4.69) is 31.9 Å². The van der Waals surface area contributed by atoms with E-state index in [0.29, 0.717) is 16.7 Å². The number of para-hydroxylation sites is 1. The molecule has 5 heteroatoms. The second kappa shape index (κ2) is 6.98. The lowest BCUT2D eigenvalue weighted by Crippen LogP contribution is -1.99. The molecule has 0 amide bonds. The summed E-state index contributed by atoms with van der Waals surface area (Å²) >= 11 is 19.0. The van der Waals surface area contributed by atoms with Gasteiger partial charge in [0.2, 0.25) is 0 Å². The zero-order valence-electron chi connectivity index (χ0n) is 9.80. The topological polar surface area (TPSA) is 9.23 Å². The largest absolute Gasteiger partial charge is 0.487 e. The van der Waals surface area contributed by atoms with Crippen molar-refractivity contribution in [2.24, 2.45) is 0 Å². The lowest BCUT2D eigenvalue weighted by atomic mass is 10.2. The summed E-state index contributed by atoms with van der Waals surface area (Å²) < 4.78 is 6.78. The summed E-state index contributed by atoms with van der Waals surface area (Å²) in [6.07, 6.45) is 0. The molecular weight excluding hydrogens is 415 g/mol. The Morgan fingerprint density at radius 2 is 1.84 bits per heavy atom. The Kier molecular flexibility index (Phi) is 5.58. The molecular formula is C14H10Br2Cl2O. The first-order valence-corrected chi connectivity index (χ1v) is 8.19. The third kappa shape index (κ3) is 3.88. The third-order valence-electron chi connectivity index (χ3n) is 2.57. The summed E-state index contributed by atoms with van der Waals surface area (Å²) in [5.41, 5.74) is 1.94. The smallest absolute Gasteiger partial charge is 0.138 e. The van der Waals surface area contributed by atoms with Crippen molar-refractivity contribution in [3.8, 4) is 5.75 Å². The van der Waals surface area contributed by atoms with Crippen LogP contribution in [-0.2, 0) is 11.9 Å². The molecule has 2 rings (SSSR count). The van der Waals surface area contributed by atoms with Crippen molar-refractivity contribution in [3.05, 3.63) is 62.0 Å². The maximum Gasteiger partial charge on any atom is 0.138 e. The summed E-state index contributed by atoms with van der Waals surface area (Å²) in [5.74, 6) is 0.815. The van der Waals surface area contributed by atoms with Gasteiger partial charge in [0.1, 0.15) is 12.4 Å². The van der Waals surface area contributed by atoms with Gasteiger partial charge in [-0.2, -0.15) is 0 Å². The minimum Gasteiger partial charge on any atom is -0.487 e. The summed E-state index contributed by atoms with van der Waals surface area (Å²) in [7, 11) is 0. The van der Waals surface area contributed by atoms with Gasteiger partial charge in [-0.25, -0.2) is 0 Å². The minimum atomic E-state index is 0.377. The molecule has 0 aliphatic rings. The normalized spacial score (nSPS) is 10.5. The van der Waals surface area contributed by atoms with Gasteiger partial charge in [-0.15, -0.1) is 0 Å². The lowest BCUT2D eigenvalue weighted by Gasteiger charge is -2.13. The summed E-state index contributed by atoms with van der Waals surface area (Å²) in [6.45, 7) is 0.377. The predicted octanol–water partition coefficient (Wildman–Crippen LogP) is 6.23. The molecule has 2 aromatic carbocycles. The highest BCUT2D eigenvalue weighted by atomic mass is 79.9. The summed E-state index contributed by atoms with van der Waals surface area (Å²) in [4.78, 5) is 0. The summed E-state index contributed by atoms with van der Waals surface area (Å²) in [5, 5.41) is 2.03. The quantitative estimate of drug-likeness (QED) is 0.528. The second-order valence-electron chi connectivity index (χ2n) is 3.89. The Morgan fingerprint density at radius 1 is 1.05 bits per heavy atom. The van der Waals surface area contributed by atoms with E-state index in [1.54, 1.807) is 12.1 Å². The standard InChI is InChI=1S/C14H10Br2Cl2O/c15-7-9-2-1-3-12(16)14(9)19-8-10-6-11(17)4-5-13(10)18/h1-6H,7-8H2. The zero-order chi connectivity index (χ0) is 13.8. The van der Waals surface area contributed by atoms with E-state index in [0.717, 1.165) is 26.7 Å². The third-order valence-corrected chi connectivity index (χ3v) is 4.40. The van der Waals surface area contributed by atoms with Gasteiger partial charge >= 0.3 is 0 Å². The number of halogens is 4. The molecule has 0 fully saturated rings. The van der Waals surface area contributed by atoms with E-state index in [9.17, 15) is 0 Å². The molecule has 100 valence electrons. The molecule has 0 N–H and O–H groups in total. The number of ether oxygens (including phenoxy) is 1. The van der Waals surface area contributed by atoms with Crippen LogP contribution in [0.1, 0.15) is 11.1 Å². The molecule has 0 aliphatic carbocycles. The molecule has 0 spiro atoms. The Labute approximate surface area is 139 Å². The molecule has 1 nitrogen and oxygen atoms in total. The van der Waals surface area contributed by atoms with Gasteiger partial charge in [0.15, 0.2) is 0 Å². The Morgan fingerprint density at radius 3 is 2.58 bits per heavy atom. The van der Waals surface area contributed by atoms with E-state index >= 15 is 0 Å². The fraction of sp³-hybridized carbons (Fsp3) is 0.143. The Bertz CT molecular complexity index is 588. The van der Waals surface area contributed by atoms with Crippen LogP contribution in [0.2, 0.25) is 10.0 Å². The average Bonchev–Trinajstić information content (AvgIpc) is 2.40. The predicted molar refractivity (Wildman–Crippen MR) is 87.6 cm³/mol. The first-order valence-electron chi connectivity index (χ1n) is 5.52. The average molecular weight is 425 g/mol. The highest BCUT2D eigenvalue weighted by Crippen LogP contribution is 2.32. The molecule has 0 aliphatic heterocycles. The van der Waals surface area contributed by atoms with Gasteiger partial charge in [0.25, 0.3) is 0 Å².